The quantitative estimate of drug-likeness (QED) is 0.853. The molecule has 1 amide bonds. The maximum atomic E-state index is 12.3. The van der Waals surface area contributed by atoms with Gasteiger partial charge >= 0.3 is 0 Å². The van der Waals surface area contributed by atoms with Crippen LogP contribution in [0.2, 0.25) is 0 Å². The second-order valence-electron chi connectivity index (χ2n) is 5.50. The highest BCUT2D eigenvalue weighted by Crippen LogP contribution is 2.33. The van der Waals surface area contributed by atoms with Crippen molar-refractivity contribution in [3.05, 3.63) is 33.8 Å². The minimum atomic E-state index is -0.331. The Morgan fingerprint density at radius 1 is 1.38 bits per heavy atom. The van der Waals surface area contributed by atoms with Gasteiger partial charge in [0.25, 0.3) is 0 Å². The van der Waals surface area contributed by atoms with Gasteiger partial charge in [0.15, 0.2) is 0 Å². The number of fused-ring (bicyclic) bond motifs is 1. The Kier molecular flexibility index (Phi) is 5.66. The first-order valence-corrected chi connectivity index (χ1v) is 7.91. The molecule has 116 valence electrons. The van der Waals surface area contributed by atoms with Crippen LogP contribution in [0.15, 0.2) is 22.7 Å². The predicted molar refractivity (Wildman–Crippen MR) is 87.5 cm³/mol. The van der Waals surface area contributed by atoms with Crippen LogP contribution in [0.25, 0.3) is 0 Å². The molecule has 1 aliphatic heterocycles. The van der Waals surface area contributed by atoms with Gasteiger partial charge in [0.2, 0.25) is 5.91 Å². The number of carbonyl (C=O) groups excluding carboxylic acids is 1. The maximum absolute atomic E-state index is 12.3. The van der Waals surface area contributed by atoms with Gasteiger partial charge < -0.3 is 15.8 Å². The number of nitrogens with two attached hydrogens (primary N) is 1. The number of nitrogens with one attached hydrogen (secondary N) is 1. The second-order valence-corrected chi connectivity index (χ2v) is 6.42. The van der Waals surface area contributed by atoms with Gasteiger partial charge in [-0.1, -0.05) is 22.0 Å². The van der Waals surface area contributed by atoms with Crippen LogP contribution in [-0.4, -0.2) is 24.7 Å². The van der Waals surface area contributed by atoms with Gasteiger partial charge in [0.05, 0.1) is 12.1 Å². The molecule has 1 heterocycles. The third-order valence-electron chi connectivity index (χ3n) is 4.16. The zero-order valence-corrected chi connectivity index (χ0v) is 14.1. The Morgan fingerprint density at radius 3 is 2.90 bits per heavy atom. The summed E-state index contributed by atoms with van der Waals surface area (Å²) in [5, 5.41) is 3.12. The van der Waals surface area contributed by atoms with E-state index in [-0.39, 0.29) is 36.6 Å². The van der Waals surface area contributed by atoms with Crippen LogP contribution in [0.4, 0.5) is 0 Å². The monoisotopic (exact) mass is 374 g/mol. The molecule has 1 aromatic carbocycles. The fraction of sp³-hybridized carbons (Fsp3) is 0.533. The van der Waals surface area contributed by atoms with E-state index in [1.54, 1.807) is 0 Å². The van der Waals surface area contributed by atoms with E-state index in [0.29, 0.717) is 6.54 Å². The molecule has 4 nitrogen and oxygen atoms in total. The molecule has 3 atom stereocenters. The molecule has 2 aliphatic rings. The highest BCUT2D eigenvalue weighted by molar-refractivity contribution is 9.10. The van der Waals surface area contributed by atoms with E-state index in [0.717, 1.165) is 30.2 Å². The maximum Gasteiger partial charge on any atom is 0.249 e. The van der Waals surface area contributed by atoms with Gasteiger partial charge in [-0.05, 0) is 48.9 Å². The topological polar surface area (TPSA) is 64.4 Å². The fourth-order valence-electron chi connectivity index (χ4n) is 3.07. The average molecular weight is 376 g/mol. The number of rotatable bonds is 3. The third-order valence-corrected chi connectivity index (χ3v) is 4.66. The SMILES string of the molecule is Cl.NC[C@H]1CC[C@@H](C(=O)NC2CCc3cc(Br)ccc32)O1. The van der Waals surface area contributed by atoms with Crippen molar-refractivity contribution in [1.29, 1.82) is 0 Å². The summed E-state index contributed by atoms with van der Waals surface area (Å²) >= 11 is 3.48. The summed E-state index contributed by atoms with van der Waals surface area (Å²) in [6, 6.07) is 6.37. The summed E-state index contributed by atoms with van der Waals surface area (Å²) in [5.74, 6) is 0.00159. The molecule has 0 radical (unpaired) electrons. The lowest BCUT2D eigenvalue weighted by molar-refractivity contribution is -0.132. The summed E-state index contributed by atoms with van der Waals surface area (Å²) in [5.41, 5.74) is 8.12. The smallest absolute Gasteiger partial charge is 0.249 e. The number of hydrogen-bond acceptors (Lipinski definition) is 3. The zero-order chi connectivity index (χ0) is 14.1. The van der Waals surface area contributed by atoms with Gasteiger partial charge in [0, 0.05) is 11.0 Å². The highest BCUT2D eigenvalue weighted by atomic mass is 79.9. The zero-order valence-electron chi connectivity index (χ0n) is 11.7. The molecule has 3 N–H and O–H groups in total. The molecule has 1 fully saturated rings. The fourth-order valence-corrected chi connectivity index (χ4v) is 3.48. The minimum absolute atomic E-state index is 0. The standard InChI is InChI=1S/C15H19BrN2O2.ClH/c16-10-2-4-12-9(7-10)1-5-13(12)18-15(19)14-6-3-11(8-17)20-14;/h2,4,7,11,13-14H,1,3,5-6,8,17H2,(H,18,19);1H/t11-,13?,14+;/m1./s1. The summed E-state index contributed by atoms with van der Waals surface area (Å²) < 4.78 is 6.74. The van der Waals surface area contributed by atoms with E-state index in [4.69, 9.17) is 10.5 Å². The lowest BCUT2D eigenvalue weighted by atomic mass is 10.1. The van der Waals surface area contributed by atoms with E-state index in [2.05, 4.69) is 33.4 Å². The number of carbonyl (C=O) groups is 1. The van der Waals surface area contributed by atoms with E-state index in [1.807, 2.05) is 6.07 Å². The number of halogens is 2. The Morgan fingerprint density at radius 2 is 2.19 bits per heavy atom. The molecule has 1 unspecified atom stereocenters. The second kappa shape index (κ2) is 7.09. The van der Waals surface area contributed by atoms with Gasteiger partial charge in [-0.2, -0.15) is 0 Å². The van der Waals surface area contributed by atoms with Crippen LogP contribution in [0.5, 0.6) is 0 Å². The van der Waals surface area contributed by atoms with Crippen molar-refractivity contribution in [3.63, 3.8) is 0 Å². The van der Waals surface area contributed by atoms with E-state index < -0.39 is 0 Å². The predicted octanol–water partition coefficient (Wildman–Crippen LogP) is 2.48. The first kappa shape index (κ1) is 16.7. The van der Waals surface area contributed by atoms with Crippen LogP contribution in [0.3, 0.4) is 0 Å². The molecule has 1 aliphatic carbocycles. The number of aryl methyl sites for hydroxylation is 1. The van der Waals surface area contributed by atoms with Gasteiger partial charge in [0.1, 0.15) is 6.10 Å². The summed E-state index contributed by atoms with van der Waals surface area (Å²) in [6.07, 6.45) is 3.33. The summed E-state index contributed by atoms with van der Waals surface area (Å²) in [7, 11) is 0. The normalized spacial score (nSPS) is 27.0. The molecule has 0 aromatic heterocycles. The molecule has 6 heteroatoms. The molecule has 0 saturated carbocycles. The molecule has 0 spiro atoms. The minimum Gasteiger partial charge on any atom is -0.364 e. The summed E-state index contributed by atoms with van der Waals surface area (Å²) in [6.45, 7) is 0.490. The number of ether oxygens (including phenoxy) is 1. The van der Waals surface area contributed by atoms with Crippen molar-refractivity contribution >= 4 is 34.2 Å². The molecule has 0 bridgehead atoms. The molecule has 1 aromatic rings. The van der Waals surface area contributed by atoms with Crippen LogP contribution < -0.4 is 11.1 Å². The number of hydrogen-bond donors (Lipinski definition) is 2. The van der Waals surface area contributed by atoms with Crippen LogP contribution >= 0.6 is 28.3 Å². The molecular formula is C15H20BrClN2O2. The lowest BCUT2D eigenvalue weighted by Gasteiger charge is -2.18. The first-order valence-electron chi connectivity index (χ1n) is 7.11. The van der Waals surface area contributed by atoms with Crippen molar-refractivity contribution in [3.8, 4) is 0 Å². The highest BCUT2D eigenvalue weighted by Gasteiger charge is 2.32. The van der Waals surface area contributed by atoms with Crippen molar-refractivity contribution in [1.82, 2.24) is 5.32 Å². The van der Waals surface area contributed by atoms with Crippen molar-refractivity contribution in [2.45, 2.75) is 43.9 Å². The van der Waals surface area contributed by atoms with E-state index >= 15 is 0 Å². The van der Waals surface area contributed by atoms with Crippen LogP contribution in [0.1, 0.15) is 36.4 Å². The van der Waals surface area contributed by atoms with Crippen molar-refractivity contribution < 1.29 is 9.53 Å². The summed E-state index contributed by atoms with van der Waals surface area (Å²) in [4.78, 5) is 12.3. The van der Waals surface area contributed by atoms with Gasteiger partial charge in [-0.3, -0.25) is 4.79 Å². The van der Waals surface area contributed by atoms with E-state index in [9.17, 15) is 4.79 Å². The first-order chi connectivity index (χ1) is 9.67. The van der Waals surface area contributed by atoms with Crippen molar-refractivity contribution in [2.24, 2.45) is 5.73 Å². The van der Waals surface area contributed by atoms with Gasteiger partial charge in [-0.15, -0.1) is 12.4 Å². The van der Waals surface area contributed by atoms with Crippen LogP contribution in [-0.2, 0) is 16.0 Å². The Bertz CT molecular complexity index is 526. The third kappa shape index (κ3) is 3.59. The molecular weight excluding hydrogens is 356 g/mol. The average Bonchev–Trinajstić information content (AvgIpc) is 3.05. The molecule has 1 saturated heterocycles. The Hall–Kier alpha value is -0.620. The largest absolute Gasteiger partial charge is 0.364 e. The van der Waals surface area contributed by atoms with E-state index in [1.165, 1.54) is 11.1 Å². The molecule has 21 heavy (non-hydrogen) atoms. The van der Waals surface area contributed by atoms with Gasteiger partial charge in [-0.25, -0.2) is 0 Å². The number of benzene rings is 1. The van der Waals surface area contributed by atoms with Crippen LogP contribution in [0, 0.1) is 0 Å². The number of amides is 1. The Labute approximate surface area is 139 Å². The Balaban J connectivity index is 0.00000161. The van der Waals surface area contributed by atoms with Crippen molar-refractivity contribution in [2.75, 3.05) is 6.54 Å². The molecule has 3 rings (SSSR count). The lowest BCUT2D eigenvalue weighted by Crippen LogP contribution is -2.37.